The number of carbonyl (C=O) groups is 1. The zero-order valence-electron chi connectivity index (χ0n) is 16.3. The lowest BCUT2D eigenvalue weighted by Gasteiger charge is -2.38. The number of hydrogen-bond donors (Lipinski definition) is 1. The van der Waals surface area contributed by atoms with Crippen LogP contribution in [0.1, 0.15) is 60.3 Å². The van der Waals surface area contributed by atoms with Crippen molar-refractivity contribution >= 4 is 17.7 Å². The van der Waals surface area contributed by atoms with Gasteiger partial charge in [-0.3, -0.25) is 0 Å². The van der Waals surface area contributed by atoms with Gasteiger partial charge in [-0.2, -0.15) is 0 Å². The zero-order valence-corrected chi connectivity index (χ0v) is 17.1. The molecule has 3 aliphatic rings. The van der Waals surface area contributed by atoms with Gasteiger partial charge in [-0.1, -0.05) is 17.7 Å². The van der Waals surface area contributed by atoms with Crippen LogP contribution in [0.2, 0.25) is 0 Å². The lowest BCUT2D eigenvalue weighted by molar-refractivity contribution is -0.200. The number of nitrogens with one attached hydrogen (secondary N) is 1. The molecule has 2 aliphatic carbocycles. The van der Waals surface area contributed by atoms with Crippen molar-refractivity contribution in [2.75, 3.05) is 0 Å². The third kappa shape index (κ3) is 4.26. The lowest BCUT2D eigenvalue weighted by Crippen LogP contribution is -2.45. The van der Waals surface area contributed by atoms with Crippen LogP contribution in [0.5, 0.6) is 0 Å². The molecular weight excluding hydrogens is 354 g/mol. The molecule has 0 aromatic carbocycles. The number of fused-ring (bicyclic) bond motifs is 1. The number of allylic oxidation sites excluding steroid dienone is 2. The van der Waals surface area contributed by atoms with E-state index >= 15 is 0 Å². The molecule has 2 unspecified atom stereocenters. The molecule has 6 heteroatoms. The Hall–Kier alpha value is -1.04. The van der Waals surface area contributed by atoms with Crippen molar-refractivity contribution in [3.8, 4) is 0 Å². The molecule has 1 saturated heterocycles. The maximum absolute atomic E-state index is 12.0. The summed E-state index contributed by atoms with van der Waals surface area (Å²) in [6.45, 7) is 9.68. The summed E-state index contributed by atoms with van der Waals surface area (Å²) in [5.74, 6) is -0.360. The van der Waals surface area contributed by atoms with E-state index in [2.05, 4.69) is 5.32 Å². The molecule has 0 aromatic heterocycles. The first-order chi connectivity index (χ1) is 12.1. The second kappa shape index (κ2) is 7.17. The molecular formula is C20H30ClNO4. The standard InChI is InChI=1S/C20H30ClNO4/c1-12-6-11-15(21)17-16(12)24-20(5,25-17)13-7-9-14(10-8-13)22-18(23)26-19(2,3)4/h6,11,13-14,16-17H,7-10H2,1-5H3,(H,22,23)/t13?,14?,16?,17?,20-/m0/s1. The summed E-state index contributed by atoms with van der Waals surface area (Å²) in [6, 6.07) is 0.137. The Morgan fingerprint density at radius 1 is 1.19 bits per heavy atom. The number of hydrogen-bond acceptors (Lipinski definition) is 4. The van der Waals surface area contributed by atoms with Crippen LogP contribution in [-0.2, 0) is 14.2 Å². The van der Waals surface area contributed by atoms with E-state index in [4.69, 9.17) is 25.8 Å². The van der Waals surface area contributed by atoms with E-state index in [-0.39, 0.29) is 30.3 Å². The molecule has 5 nitrogen and oxygen atoms in total. The number of amides is 1. The van der Waals surface area contributed by atoms with Crippen molar-refractivity contribution in [2.24, 2.45) is 5.92 Å². The van der Waals surface area contributed by atoms with Gasteiger partial charge in [0.15, 0.2) is 5.79 Å². The summed E-state index contributed by atoms with van der Waals surface area (Å²) < 4.78 is 18.0. The first kappa shape index (κ1) is 19.7. The second-order valence-electron chi connectivity index (χ2n) is 8.75. The van der Waals surface area contributed by atoms with E-state index in [9.17, 15) is 4.79 Å². The molecule has 1 heterocycles. The number of rotatable bonds is 2. The van der Waals surface area contributed by atoms with Crippen LogP contribution >= 0.6 is 11.6 Å². The molecule has 1 saturated carbocycles. The van der Waals surface area contributed by atoms with Crippen molar-refractivity contribution in [3.63, 3.8) is 0 Å². The number of carbonyl (C=O) groups excluding carboxylic acids is 1. The molecule has 1 aliphatic heterocycles. The molecule has 1 N–H and O–H groups in total. The van der Waals surface area contributed by atoms with Crippen molar-refractivity contribution in [3.05, 3.63) is 22.8 Å². The fourth-order valence-corrected chi connectivity index (χ4v) is 4.24. The number of halogens is 1. The third-order valence-electron chi connectivity index (χ3n) is 5.41. The molecule has 1 amide bonds. The highest BCUT2D eigenvalue weighted by Gasteiger charge is 2.51. The maximum atomic E-state index is 12.0. The summed E-state index contributed by atoms with van der Waals surface area (Å²) in [5.41, 5.74) is 0.665. The van der Waals surface area contributed by atoms with Gasteiger partial charge >= 0.3 is 6.09 Å². The molecule has 2 fully saturated rings. The smallest absolute Gasteiger partial charge is 0.407 e. The van der Waals surface area contributed by atoms with Gasteiger partial charge in [0.1, 0.15) is 17.8 Å². The number of ether oxygens (including phenoxy) is 3. The predicted molar refractivity (Wildman–Crippen MR) is 101 cm³/mol. The lowest BCUT2D eigenvalue weighted by atomic mass is 9.81. The van der Waals surface area contributed by atoms with E-state index in [0.29, 0.717) is 5.03 Å². The molecule has 0 aromatic rings. The van der Waals surface area contributed by atoms with Gasteiger partial charge in [-0.25, -0.2) is 4.79 Å². The highest BCUT2D eigenvalue weighted by Crippen LogP contribution is 2.46. The zero-order chi connectivity index (χ0) is 19.1. The minimum atomic E-state index is -0.639. The molecule has 26 heavy (non-hydrogen) atoms. The quantitative estimate of drug-likeness (QED) is 0.753. The van der Waals surface area contributed by atoms with Crippen LogP contribution in [0.25, 0.3) is 0 Å². The van der Waals surface area contributed by atoms with Crippen LogP contribution in [0.4, 0.5) is 4.79 Å². The molecule has 0 bridgehead atoms. The second-order valence-corrected chi connectivity index (χ2v) is 9.19. The molecule has 3 atom stereocenters. The molecule has 3 rings (SSSR count). The minimum absolute atomic E-state index is 0.102. The predicted octanol–water partition coefficient (Wildman–Crippen LogP) is 4.65. The Morgan fingerprint density at radius 2 is 1.81 bits per heavy atom. The van der Waals surface area contributed by atoms with Crippen LogP contribution < -0.4 is 5.32 Å². The van der Waals surface area contributed by atoms with E-state index in [0.717, 1.165) is 31.3 Å². The fraction of sp³-hybridized carbons (Fsp3) is 0.750. The minimum Gasteiger partial charge on any atom is -0.444 e. The Balaban J connectivity index is 1.55. The topological polar surface area (TPSA) is 56.8 Å². The normalized spacial score (nSPS) is 37.5. The monoisotopic (exact) mass is 383 g/mol. The van der Waals surface area contributed by atoms with Crippen LogP contribution in [0.15, 0.2) is 22.8 Å². The molecule has 0 spiro atoms. The Labute approximate surface area is 161 Å². The van der Waals surface area contributed by atoms with Gasteiger partial charge in [-0.15, -0.1) is 0 Å². The van der Waals surface area contributed by atoms with Crippen LogP contribution in [0.3, 0.4) is 0 Å². The third-order valence-corrected chi connectivity index (χ3v) is 5.75. The van der Waals surface area contributed by atoms with Gasteiger partial charge in [0.25, 0.3) is 0 Å². The first-order valence-electron chi connectivity index (χ1n) is 9.46. The average molecular weight is 384 g/mol. The van der Waals surface area contributed by atoms with Crippen molar-refractivity contribution < 1.29 is 19.0 Å². The van der Waals surface area contributed by atoms with E-state index in [1.807, 2.05) is 46.8 Å². The van der Waals surface area contributed by atoms with Gasteiger partial charge in [-0.05, 0) is 72.0 Å². The van der Waals surface area contributed by atoms with Crippen LogP contribution in [-0.4, -0.2) is 35.7 Å². The van der Waals surface area contributed by atoms with Crippen molar-refractivity contribution in [2.45, 2.75) is 89.9 Å². The average Bonchev–Trinajstić information content (AvgIpc) is 2.90. The molecule has 0 radical (unpaired) electrons. The Morgan fingerprint density at radius 3 is 2.38 bits per heavy atom. The molecule has 146 valence electrons. The van der Waals surface area contributed by atoms with Crippen molar-refractivity contribution in [1.82, 2.24) is 5.32 Å². The Bertz CT molecular complexity index is 588. The van der Waals surface area contributed by atoms with E-state index in [1.54, 1.807) is 0 Å². The van der Waals surface area contributed by atoms with Crippen LogP contribution in [0, 0.1) is 5.92 Å². The SMILES string of the molecule is CC1=CC=C(Cl)C2O[C@@](C)(C3CCC(NC(=O)OC(C)(C)C)CC3)OC12. The van der Waals surface area contributed by atoms with E-state index < -0.39 is 11.4 Å². The fourth-order valence-electron chi connectivity index (χ4n) is 4.02. The first-order valence-corrected chi connectivity index (χ1v) is 9.84. The Kier molecular flexibility index (Phi) is 5.44. The number of alkyl carbamates (subject to hydrolysis) is 1. The maximum Gasteiger partial charge on any atom is 0.407 e. The van der Waals surface area contributed by atoms with Gasteiger partial charge in [0, 0.05) is 12.0 Å². The van der Waals surface area contributed by atoms with Gasteiger partial charge in [0.2, 0.25) is 0 Å². The van der Waals surface area contributed by atoms with Crippen molar-refractivity contribution in [1.29, 1.82) is 0 Å². The highest BCUT2D eigenvalue weighted by molar-refractivity contribution is 6.30. The summed E-state index contributed by atoms with van der Waals surface area (Å²) in [7, 11) is 0. The summed E-state index contributed by atoms with van der Waals surface area (Å²) in [5, 5.41) is 3.68. The highest BCUT2D eigenvalue weighted by atomic mass is 35.5. The van der Waals surface area contributed by atoms with E-state index in [1.165, 1.54) is 0 Å². The largest absolute Gasteiger partial charge is 0.444 e. The van der Waals surface area contributed by atoms with Gasteiger partial charge < -0.3 is 19.5 Å². The summed E-state index contributed by atoms with van der Waals surface area (Å²) in [6.07, 6.45) is 6.89. The summed E-state index contributed by atoms with van der Waals surface area (Å²) in [4.78, 5) is 12.0. The van der Waals surface area contributed by atoms with Gasteiger partial charge in [0.05, 0.1) is 5.03 Å². The summed E-state index contributed by atoms with van der Waals surface area (Å²) >= 11 is 6.33.